The summed E-state index contributed by atoms with van der Waals surface area (Å²) in [6.07, 6.45) is -5.51. The van der Waals surface area contributed by atoms with Crippen LogP contribution in [0, 0.1) is 6.92 Å². The molecule has 1 amide bonds. The summed E-state index contributed by atoms with van der Waals surface area (Å²) in [5.74, 6) is -0.211. The van der Waals surface area contributed by atoms with Gasteiger partial charge >= 0.3 is 6.36 Å². The highest BCUT2D eigenvalue weighted by molar-refractivity contribution is 5.94. The molecule has 0 saturated carbocycles. The van der Waals surface area contributed by atoms with E-state index in [1.807, 2.05) is 19.1 Å². The molecule has 128 valence electrons. The van der Waals surface area contributed by atoms with Crippen LogP contribution in [0.3, 0.4) is 0 Å². The summed E-state index contributed by atoms with van der Waals surface area (Å²) in [4.78, 5) is 12.1. The van der Waals surface area contributed by atoms with Crippen LogP contribution in [0.15, 0.2) is 48.5 Å². The van der Waals surface area contributed by atoms with Gasteiger partial charge in [-0.15, -0.1) is 13.2 Å². The fourth-order valence-corrected chi connectivity index (χ4v) is 1.93. The standard InChI is InChI=1S/C17H16F3NO3/c1-11-4-3-5-15(10-11)23-12(2)16(22)21-13-6-8-14(9-7-13)24-17(18,19)20/h3-10,12H,1-2H3,(H,21,22)/t12-/m1/s1. The number of halogens is 3. The molecular formula is C17H16F3NO3. The molecule has 0 aliphatic rings. The Morgan fingerprint density at radius 1 is 1.08 bits per heavy atom. The highest BCUT2D eigenvalue weighted by Gasteiger charge is 2.31. The molecule has 2 rings (SSSR count). The van der Waals surface area contributed by atoms with Gasteiger partial charge in [0, 0.05) is 5.69 Å². The molecule has 0 saturated heterocycles. The molecule has 2 aromatic rings. The third-order valence-corrected chi connectivity index (χ3v) is 3.03. The topological polar surface area (TPSA) is 47.6 Å². The summed E-state index contributed by atoms with van der Waals surface area (Å²) in [6.45, 7) is 3.49. The molecule has 0 radical (unpaired) electrons. The molecule has 4 nitrogen and oxygen atoms in total. The fourth-order valence-electron chi connectivity index (χ4n) is 1.93. The second-order valence-electron chi connectivity index (χ2n) is 5.14. The van der Waals surface area contributed by atoms with Gasteiger partial charge in [0.1, 0.15) is 11.5 Å². The number of ether oxygens (including phenoxy) is 2. The Bertz CT molecular complexity index is 699. The van der Waals surface area contributed by atoms with Crippen molar-refractivity contribution in [1.82, 2.24) is 0 Å². The number of rotatable bonds is 5. The van der Waals surface area contributed by atoms with Gasteiger partial charge in [-0.3, -0.25) is 4.79 Å². The molecule has 0 heterocycles. The average molecular weight is 339 g/mol. The Labute approximate surface area is 137 Å². The smallest absolute Gasteiger partial charge is 0.481 e. The third kappa shape index (κ3) is 5.49. The summed E-state index contributed by atoms with van der Waals surface area (Å²) in [5, 5.41) is 2.57. The van der Waals surface area contributed by atoms with E-state index in [9.17, 15) is 18.0 Å². The van der Waals surface area contributed by atoms with Gasteiger partial charge in [0.2, 0.25) is 0 Å². The Morgan fingerprint density at radius 3 is 2.33 bits per heavy atom. The second-order valence-corrected chi connectivity index (χ2v) is 5.14. The zero-order valence-corrected chi connectivity index (χ0v) is 13.1. The van der Waals surface area contributed by atoms with Crippen LogP contribution in [0.2, 0.25) is 0 Å². The molecule has 0 spiro atoms. The molecule has 24 heavy (non-hydrogen) atoms. The molecular weight excluding hydrogens is 323 g/mol. The number of anilines is 1. The van der Waals surface area contributed by atoms with Crippen molar-refractivity contribution in [3.63, 3.8) is 0 Å². The van der Waals surface area contributed by atoms with Crippen LogP contribution in [-0.4, -0.2) is 18.4 Å². The lowest BCUT2D eigenvalue weighted by Gasteiger charge is -2.15. The van der Waals surface area contributed by atoms with Crippen LogP contribution in [0.1, 0.15) is 12.5 Å². The summed E-state index contributed by atoms with van der Waals surface area (Å²) in [6, 6.07) is 12.1. The molecule has 0 aliphatic carbocycles. The van der Waals surface area contributed by atoms with Gasteiger partial charge in [-0.1, -0.05) is 12.1 Å². The van der Waals surface area contributed by atoms with Crippen molar-refractivity contribution in [1.29, 1.82) is 0 Å². The fraction of sp³-hybridized carbons (Fsp3) is 0.235. The molecule has 1 N–H and O–H groups in total. The largest absolute Gasteiger partial charge is 0.573 e. The molecule has 0 bridgehead atoms. The maximum Gasteiger partial charge on any atom is 0.573 e. The number of hydrogen-bond donors (Lipinski definition) is 1. The second kappa shape index (κ2) is 7.25. The van der Waals surface area contributed by atoms with E-state index in [4.69, 9.17) is 4.74 Å². The van der Waals surface area contributed by atoms with Crippen molar-refractivity contribution in [2.75, 3.05) is 5.32 Å². The van der Waals surface area contributed by atoms with E-state index in [1.54, 1.807) is 19.1 Å². The Kier molecular flexibility index (Phi) is 5.33. The lowest BCUT2D eigenvalue weighted by molar-refractivity contribution is -0.274. The van der Waals surface area contributed by atoms with Gasteiger partial charge in [-0.2, -0.15) is 0 Å². The molecule has 0 fully saturated rings. The monoisotopic (exact) mass is 339 g/mol. The lowest BCUT2D eigenvalue weighted by Crippen LogP contribution is -2.30. The van der Waals surface area contributed by atoms with Crippen molar-refractivity contribution in [2.24, 2.45) is 0 Å². The minimum Gasteiger partial charge on any atom is -0.481 e. The van der Waals surface area contributed by atoms with Crippen molar-refractivity contribution in [2.45, 2.75) is 26.3 Å². The molecule has 2 aromatic carbocycles. The highest BCUT2D eigenvalue weighted by atomic mass is 19.4. The Balaban J connectivity index is 1.93. The van der Waals surface area contributed by atoms with E-state index in [1.165, 1.54) is 12.1 Å². The normalized spacial score (nSPS) is 12.4. The SMILES string of the molecule is Cc1cccc(O[C@H](C)C(=O)Nc2ccc(OC(F)(F)F)cc2)c1. The lowest BCUT2D eigenvalue weighted by atomic mass is 10.2. The van der Waals surface area contributed by atoms with Gasteiger partial charge in [0.05, 0.1) is 0 Å². The first-order valence-electron chi connectivity index (χ1n) is 7.13. The summed E-state index contributed by atoms with van der Waals surface area (Å²) >= 11 is 0. The zero-order valence-electron chi connectivity index (χ0n) is 13.1. The maximum atomic E-state index is 12.1. The summed E-state index contributed by atoms with van der Waals surface area (Å²) in [5.41, 5.74) is 1.34. The highest BCUT2D eigenvalue weighted by Crippen LogP contribution is 2.24. The number of carbonyl (C=O) groups is 1. The molecule has 1 atom stereocenters. The predicted molar refractivity (Wildman–Crippen MR) is 83.0 cm³/mol. The van der Waals surface area contributed by atoms with Crippen LogP contribution in [0.4, 0.5) is 18.9 Å². The van der Waals surface area contributed by atoms with Crippen molar-refractivity contribution < 1.29 is 27.4 Å². The van der Waals surface area contributed by atoms with Crippen molar-refractivity contribution >= 4 is 11.6 Å². The Morgan fingerprint density at radius 2 is 1.75 bits per heavy atom. The number of carbonyl (C=O) groups excluding carboxylic acids is 1. The van der Waals surface area contributed by atoms with Gasteiger partial charge in [0.15, 0.2) is 6.10 Å². The number of nitrogens with one attached hydrogen (secondary N) is 1. The first kappa shape index (κ1) is 17.7. The van der Waals surface area contributed by atoms with Crippen LogP contribution < -0.4 is 14.8 Å². The van der Waals surface area contributed by atoms with Crippen LogP contribution in [0.5, 0.6) is 11.5 Å². The van der Waals surface area contributed by atoms with Crippen LogP contribution in [0.25, 0.3) is 0 Å². The van der Waals surface area contributed by atoms with Crippen molar-refractivity contribution in [3.8, 4) is 11.5 Å². The van der Waals surface area contributed by atoms with E-state index in [-0.39, 0.29) is 5.75 Å². The predicted octanol–water partition coefficient (Wildman–Crippen LogP) is 4.30. The molecule has 0 aromatic heterocycles. The van der Waals surface area contributed by atoms with Gasteiger partial charge in [-0.05, 0) is 55.8 Å². The minimum atomic E-state index is -4.75. The van der Waals surface area contributed by atoms with E-state index in [0.717, 1.165) is 17.7 Å². The average Bonchev–Trinajstić information content (AvgIpc) is 2.47. The van der Waals surface area contributed by atoms with Crippen LogP contribution >= 0.6 is 0 Å². The number of amides is 1. The van der Waals surface area contributed by atoms with E-state index in [2.05, 4.69) is 10.1 Å². The summed E-state index contributed by atoms with van der Waals surface area (Å²) < 4.78 is 45.5. The van der Waals surface area contributed by atoms with Crippen LogP contribution in [-0.2, 0) is 4.79 Å². The molecule has 0 unspecified atom stereocenters. The van der Waals surface area contributed by atoms with Gasteiger partial charge in [-0.25, -0.2) is 0 Å². The quantitative estimate of drug-likeness (QED) is 0.883. The first-order valence-corrected chi connectivity index (χ1v) is 7.13. The number of alkyl halides is 3. The van der Waals surface area contributed by atoms with E-state index in [0.29, 0.717) is 11.4 Å². The molecule has 0 aliphatic heterocycles. The van der Waals surface area contributed by atoms with E-state index >= 15 is 0 Å². The van der Waals surface area contributed by atoms with Gasteiger partial charge in [0.25, 0.3) is 5.91 Å². The summed E-state index contributed by atoms with van der Waals surface area (Å²) in [7, 11) is 0. The number of hydrogen-bond acceptors (Lipinski definition) is 3. The zero-order chi connectivity index (χ0) is 17.7. The van der Waals surface area contributed by atoms with Gasteiger partial charge < -0.3 is 14.8 Å². The Hall–Kier alpha value is -2.70. The van der Waals surface area contributed by atoms with Crippen molar-refractivity contribution in [3.05, 3.63) is 54.1 Å². The minimum absolute atomic E-state index is 0.342. The maximum absolute atomic E-state index is 12.1. The third-order valence-electron chi connectivity index (χ3n) is 3.03. The molecule has 7 heteroatoms. The first-order chi connectivity index (χ1) is 11.2. The van der Waals surface area contributed by atoms with E-state index < -0.39 is 18.4 Å². The number of aryl methyl sites for hydroxylation is 1. The number of benzene rings is 2.